The first-order valence-corrected chi connectivity index (χ1v) is 63.3. The van der Waals surface area contributed by atoms with E-state index in [2.05, 4.69) is 30.9 Å². The monoisotopic (exact) mass is 1810 g/mol. The van der Waals surface area contributed by atoms with Gasteiger partial charge in [0.1, 0.15) is 0 Å². The number of allylic oxidation sites excluding steroid dienone is 2. The van der Waals surface area contributed by atoms with Crippen LogP contribution >= 0.6 is 0 Å². The van der Waals surface area contributed by atoms with Crippen molar-refractivity contribution < 1.29 is 0 Å². The molecule has 35 aliphatic rings. The van der Waals surface area contributed by atoms with Crippen LogP contribution in [0.5, 0.6) is 0 Å². The molecule has 3 saturated heterocycles. The third-order valence-electron chi connectivity index (χ3n) is 41.6. The van der Waals surface area contributed by atoms with Gasteiger partial charge in [0, 0.05) is 0 Å². The van der Waals surface area contributed by atoms with E-state index in [1.165, 1.54) is 182 Å². The maximum atomic E-state index is 2.58. The molecule has 0 aromatic carbocycles. The van der Waals surface area contributed by atoms with Crippen LogP contribution in [0, 0.1) is 194 Å². The van der Waals surface area contributed by atoms with Crippen LogP contribution in [0.2, 0.25) is 0 Å². The first-order chi connectivity index (χ1) is 64.0. The molecular formula is C129H243N. The lowest BCUT2D eigenvalue weighted by atomic mass is 9.50. The fourth-order valence-corrected chi connectivity index (χ4v) is 36.4. The zero-order valence-corrected chi connectivity index (χ0v) is 93.4. The molecule has 0 N–H and O–H groups in total. The van der Waals surface area contributed by atoms with Crippen molar-refractivity contribution in [2.75, 3.05) is 19.6 Å². The normalized spacial score (nSPS) is 42.8. The van der Waals surface area contributed by atoms with Crippen molar-refractivity contribution in [1.29, 1.82) is 0 Å². The lowest BCUT2D eigenvalue weighted by Gasteiger charge is -2.55. The Bertz CT molecular complexity index is 2450. The summed E-state index contributed by atoms with van der Waals surface area (Å²) in [5.41, 5.74) is 1.67. The van der Waals surface area contributed by atoms with Gasteiger partial charge >= 0.3 is 0 Å². The predicted molar refractivity (Wildman–Crippen MR) is 582 cm³/mol. The zero-order valence-electron chi connectivity index (χ0n) is 93.4. The Morgan fingerprint density at radius 3 is 0.746 bits per heavy atom. The van der Waals surface area contributed by atoms with E-state index in [-0.39, 0.29) is 0 Å². The van der Waals surface area contributed by atoms with Gasteiger partial charge in [0.05, 0.1) is 0 Å². The van der Waals surface area contributed by atoms with E-state index in [9.17, 15) is 0 Å². The molecule has 0 aromatic heterocycles. The Morgan fingerprint density at radius 1 is 0.200 bits per heavy atom. The lowest BCUT2D eigenvalue weighted by molar-refractivity contribution is -0.0411. The highest BCUT2D eigenvalue weighted by Gasteiger charge is 2.52. The van der Waals surface area contributed by atoms with E-state index in [1.54, 1.807) is 340 Å². The fourth-order valence-electron chi connectivity index (χ4n) is 36.4. The van der Waals surface area contributed by atoms with Crippen molar-refractivity contribution in [2.45, 2.75) is 595 Å². The van der Waals surface area contributed by atoms with Gasteiger partial charge < -0.3 is 4.90 Å². The Hall–Kier alpha value is -0.300. The van der Waals surface area contributed by atoms with E-state index in [0.717, 1.165) is 135 Å². The third-order valence-corrected chi connectivity index (χ3v) is 41.6. The van der Waals surface area contributed by atoms with Gasteiger partial charge in [-0.05, 0) is 445 Å². The molecule has 28 bridgehead atoms. The minimum Gasteiger partial charge on any atom is -0.303 e. The second-order valence-electron chi connectivity index (χ2n) is 49.5. The molecule has 0 radical (unpaired) electrons. The smallest absolute Gasteiger partial charge is 0.00161 e. The first kappa shape index (κ1) is 115. The van der Waals surface area contributed by atoms with Crippen LogP contribution in [0.1, 0.15) is 595 Å². The quantitative estimate of drug-likeness (QED) is 0.219. The van der Waals surface area contributed by atoms with E-state index in [0.29, 0.717) is 0 Å². The van der Waals surface area contributed by atoms with Crippen molar-refractivity contribution in [3.05, 3.63) is 12.2 Å². The summed E-state index contributed by atoms with van der Waals surface area (Å²) >= 11 is 0. The standard InChI is InChI=1S/3C11H18.C10H14.C10H18.C9H14.2C9H16.C8H14.C7H13N.2C7H12.10C2H6/c1-11-5-8-2-9(6-11)4-10(3-8)7-11;1-7-10-3-8-2-9(5-10)6-11(7)4-8;1-2-9-5-10-3-8(1)4-11(6-9)7-10;1-2-9-7-4-5-8(6-7)10(9)3-1;1-2-6-10(7-3-1)8-4-5-9-10;1-6-2-8-4-7(1)5-9(8)3-6;2*1-3-8-5-2-6-9(4-1)7-8;1-2-8-5-3-7(1)4-6-8;1-4-8-5-2-7(1)3-6-8;1-2-7-4-3-6(1)5-7;1-2-4-7-5-6(7)3-1;10*1-2/h8-10H,2-7H2,1H3;7-11H,2-6H2,1H3;8-11H,1-7H2;1-2,7-10H,3-6H2;1-9H2;6-9H,1-5H2;2*8-9H,1-7H2;7-8H,1-6H2;7H,1-6H2;2*6-7H,1-5H2;10*1-2H3. The number of rotatable bonds is 0. The average Bonchev–Trinajstić information content (AvgIpc) is 1.21. The molecule has 1 spiro atoms. The molecule has 34 fully saturated rings. The molecule has 0 amide bonds. The van der Waals surface area contributed by atoms with E-state index >= 15 is 0 Å². The van der Waals surface area contributed by atoms with Crippen molar-refractivity contribution >= 4 is 0 Å². The van der Waals surface area contributed by atoms with E-state index in [4.69, 9.17) is 0 Å². The summed E-state index contributed by atoms with van der Waals surface area (Å²) in [7, 11) is 0. The van der Waals surface area contributed by atoms with Crippen molar-refractivity contribution in [1.82, 2.24) is 4.90 Å². The van der Waals surface area contributed by atoms with Gasteiger partial charge in [0.2, 0.25) is 0 Å². The summed E-state index contributed by atoms with van der Waals surface area (Å²) in [5, 5.41) is 0. The molecule has 130 heavy (non-hydrogen) atoms. The van der Waals surface area contributed by atoms with Crippen LogP contribution in [-0.2, 0) is 0 Å². The number of fused-ring (bicyclic) bond motifs is 19. The number of hydrogen-bond acceptors (Lipinski definition) is 1. The molecule has 6 unspecified atom stereocenters. The minimum atomic E-state index is 0.800. The van der Waals surface area contributed by atoms with Crippen LogP contribution in [0.25, 0.3) is 0 Å². The van der Waals surface area contributed by atoms with Gasteiger partial charge in [-0.25, -0.2) is 0 Å². The Balaban J connectivity index is 0.000000172. The molecular weight excluding hydrogens is 1560 g/mol. The van der Waals surface area contributed by atoms with Gasteiger partial charge in [0.15, 0.2) is 0 Å². The van der Waals surface area contributed by atoms with Crippen molar-refractivity contribution in [3.63, 3.8) is 0 Å². The molecule has 3 aliphatic heterocycles. The highest BCUT2D eigenvalue weighted by atomic mass is 15.1. The van der Waals surface area contributed by atoms with E-state index in [1.807, 2.05) is 138 Å². The third kappa shape index (κ3) is 36.0. The van der Waals surface area contributed by atoms with Gasteiger partial charge in [-0.15, -0.1) is 0 Å². The van der Waals surface area contributed by atoms with Crippen LogP contribution in [0.15, 0.2) is 12.2 Å². The van der Waals surface area contributed by atoms with Crippen molar-refractivity contribution in [3.8, 4) is 0 Å². The number of hydrogen-bond donors (Lipinski definition) is 0. The lowest BCUT2D eigenvalue weighted by Crippen LogP contribution is -2.44. The highest BCUT2D eigenvalue weighted by Crippen LogP contribution is 2.62. The van der Waals surface area contributed by atoms with Gasteiger partial charge in [-0.1, -0.05) is 376 Å². The van der Waals surface area contributed by atoms with Crippen LogP contribution in [-0.4, -0.2) is 24.5 Å². The second kappa shape index (κ2) is 63.6. The first-order valence-electron chi connectivity index (χ1n) is 63.3. The summed E-state index contributed by atoms with van der Waals surface area (Å²) in [4.78, 5) is 2.58. The maximum absolute atomic E-state index is 2.58. The molecule has 31 saturated carbocycles. The van der Waals surface area contributed by atoms with Gasteiger partial charge in [-0.3, -0.25) is 0 Å². The SMILES string of the molecule is C1=CC2C3CCC(C3)C2C1.C1C2CC3CC1CC3C2.C1CC2CC3CC1CC(C2)C3.C1CC2CCC1C2.C1CC2CCC1CC2.C1CC2CCCC(C1)C2.C1CC2CCCC(C1)C2.C1CCC2(CC1)CCCC2.C1CCC2CC2C1.C1CN2CCC1CC2.CC.CC.CC.CC.CC.CC.CC.CC.CC.CC.CC12CC3CC(CC(C3)C1)C2.CC1C2CC3CC(C2)CC1C3. The summed E-state index contributed by atoms with van der Waals surface area (Å²) in [6, 6.07) is 0. The Labute approximate surface area is 820 Å². The van der Waals surface area contributed by atoms with Gasteiger partial charge in [-0.2, -0.15) is 0 Å². The number of piperidine rings is 3. The van der Waals surface area contributed by atoms with E-state index < -0.39 is 0 Å². The molecule has 35 rings (SSSR count). The molecule has 1 heteroatoms. The topological polar surface area (TPSA) is 3.24 Å². The average molecular weight is 1810 g/mol. The summed E-state index contributed by atoms with van der Waals surface area (Å²) in [6.45, 7) is 49.2. The van der Waals surface area contributed by atoms with Crippen LogP contribution < -0.4 is 0 Å². The molecule has 6 atom stereocenters. The number of nitrogens with zero attached hydrogens (tertiary/aromatic N) is 1. The Morgan fingerprint density at radius 2 is 0.462 bits per heavy atom. The summed E-state index contributed by atoms with van der Waals surface area (Å²) in [6.07, 6.45) is 113. The summed E-state index contributed by atoms with van der Waals surface area (Å²) in [5.74, 6) is 35.7. The predicted octanol–water partition coefficient (Wildman–Crippen LogP) is 42.4. The molecule has 32 aliphatic carbocycles. The van der Waals surface area contributed by atoms with Gasteiger partial charge in [0.25, 0.3) is 0 Å². The van der Waals surface area contributed by atoms with Crippen LogP contribution in [0.3, 0.4) is 0 Å². The fraction of sp³-hybridized carbons (Fsp3) is 0.984. The largest absolute Gasteiger partial charge is 0.303 e. The minimum absolute atomic E-state index is 0.800. The molecule has 3 heterocycles. The molecule has 0 aromatic rings. The highest BCUT2D eigenvalue weighted by molar-refractivity contribution is 5.12. The molecule has 1 nitrogen and oxygen atoms in total. The van der Waals surface area contributed by atoms with Crippen molar-refractivity contribution in [2.24, 2.45) is 194 Å². The Kier molecular flexibility index (Phi) is 56.2. The van der Waals surface area contributed by atoms with Crippen LogP contribution in [0.4, 0.5) is 0 Å². The summed E-state index contributed by atoms with van der Waals surface area (Å²) < 4.78 is 0. The molecule has 764 valence electrons. The zero-order chi connectivity index (χ0) is 93.8. The maximum Gasteiger partial charge on any atom is -0.00161 e. The second-order valence-corrected chi connectivity index (χ2v) is 49.5.